The predicted octanol–water partition coefficient (Wildman–Crippen LogP) is 2.85. The van der Waals surface area contributed by atoms with Gasteiger partial charge >= 0.3 is 12.1 Å². The Kier molecular flexibility index (Phi) is 3.24. The molecule has 1 aliphatic carbocycles. The fraction of sp³-hybridized carbons (Fsp3) is 0.500. The first-order valence-electron chi connectivity index (χ1n) is 5.57. The third kappa shape index (κ3) is 2.54. The van der Waals surface area contributed by atoms with E-state index < -0.39 is 29.3 Å². The molecule has 1 saturated carbocycles. The number of hydrogen-bond donors (Lipinski definition) is 0. The molecule has 2 rings (SSSR count). The molecular weight excluding hydrogens is 266 g/mol. The van der Waals surface area contributed by atoms with Crippen molar-refractivity contribution in [3.63, 3.8) is 0 Å². The van der Waals surface area contributed by atoms with Gasteiger partial charge in [0.15, 0.2) is 5.67 Å². The average molecular weight is 277 g/mol. The van der Waals surface area contributed by atoms with Crippen LogP contribution in [0.1, 0.15) is 24.1 Å². The molecule has 0 aromatic carbocycles. The lowest BCUT2D eigenvalue weighted by Crippen LogP contribution is -2.42. The Bertz CT molecular complexity index is 495. The van der Waals surface area contributed by atoms with Gasteiger partial charge in [0.2, 0.25) is 0 Å². The highest BCUT2D eigenvalue weighted by Crippen LogP contribution is 2.49. The smallest absolute Gasteiger partial charge is 0.416 e. The second kappa shape index (κ2) is 4.47. The van der Waals surface area contributed by atoms with Gasteiger partial charge in [0.05, 0.1) is 24.3 Å². The summed E-state index contributed by atoms with van der Waals surface area (Å²) in [5, 5.41) is 0. The second-order valence-electron chi connectivity index (χ2n) is 4.52. The molecule has 0 aliphatic heterocycles. The van der Waals surface area contributed by atoms with Crippen molar-refractivity contribution in [3.8, 4) is 0 Å². The van der Waals surface area contributed by atoms with Crippen molar-refractivity contribution in [1.82, 2.24) is 4.98 Å². The van der Waals surface area contributed by atoms with E-state index in [1.807, 2.05) is 0 Å². The number of esters is 1. The molecule has 0 N–H and O–H groups in total. The Morgan fingerprint density at radius 2 is 2.11 bits per heavy atom. The van der Waals surface area contributed by atoms with Crippen LogP contribution in [0.15, 0.2) is 18.3 Å². The number of rotatable bonds is 2. The number of hydrogen-bond acceptors (Lipinski definition) is 3. The van der Waals surface area contributed by atoms with E-state index in [1.54, 1.807) is 0 Å². The Hall–Kier alpha value is -1.66. The molecular formula is C12H11F4NO2. The number of pyridine rings is 1. The van der Waals surface area contributed by atoms with Crippen LogP contribution in [0.5, 0.6) is 0 Å². The first-order chi connectivity index (χ1) is 8.76. The normalized spacial score (nSPS) is 26.7. The minimum Gasteiger partial charge on any atom is -0.469 e. The lowest BCUT2D eigenvalue weighted by atomic mass is 9.70. The fourth-order valence-electron chi connectivity index (χ4n) is 2.12. The Morgan fingerprint density at radius 3 is 2.63 bits per heavy atom. The maximum atomic E-state index is 14.3. The lowest BCUT2D eigenvalue weighted by molar-refractivity contribution is -0.156. The maximum absolute atomic E-state index is 14.3. The second-order valence-corrected chi connectivity index (χ2v) is 4.52. The van der Waals surface area contributed by atoms with E-state index in [9.17, 15) is 22.4 Å². The Balaban J connectivity index is 2.18. The zero-order valence-corrected chi connectivity index (χ0v) is 10.00. The molecule has 0 atom stereocenters. The number of ether oxygens (including phenoxy) is 1. The highest BCUT2D eigenvalue weighted by Gasteiger charge is 2.51. The van der Waals surface area contributed by atoms with Crippen molar-refractivity contribution in [1.29, 1.82) is 0 Å². The van der Waals surface area contributed by atoms with Gasteiger partial charge < -0.3 is 4.74 Å². The Labute approximate surface area is 106 Å². The van der Waals surface area contributed by atoms with Crippen molar-refractivity contribution >= 4 is 5.97 Å². The quantitative estimate of drug-likeness (QED) is 0.616. The zero-order chi connectivity index (χ0) is 14.3. The summed E-state index contributed by atoms with van der Waals surface area (Å²) in [7, 11) is 1.18. The van der Waals surface area contributed by atoms with E-state index in [0.717, 1.165) is 12.3 Å². The molecule has 1 aliphatic rings. The monoisotopic (exact) mass is 277 g/mol. The van der Waals surface area contributed by atoms with Crippen molar-refractivity contribution in [2.75, 3.05) is 7.11 Å². The van der Waals surface area contributed by atoms with E-state index in [-0.39, 0.29) is 18.5 Å². The first-order valence-corrected chi connectivity index (χ1v) is 5.57. The molecule has 0 saturated heterocycles. The molecule has 0 amide bonds. The van der Waals surface area contributed by atoms with Gasteiger partial charge in [0, 0.05) is 19.0 Å². The van der Waals surface area contributed by atoms with Crippen molar-refractivity contribution < 1.29 is 27.1 Å². The third-order valence-electron chi connectivity index (χ3n) is 3.22. The van der Waals surface area contributed by atoms with E-state index in [1.165, 1.54) is 7.11 Å². The summed E-state index contributed by atoms with van der Waals surface area (Å²) in [5.41, 5.74) is -3.22. The van der Waals surface area contributed by atoms with Crippen LogP contribution in [-0.2, 0) is 21.4 Å². The van der Waals surface area contributed by atoms with Crippen LogP contribution in [-0.4, -0.2) is 18.1 Å². The van der Waals surface area contributed by atoms with Gasteiger partial charge in [0.1, 0.15) is 0 Å². The van der Waals surface area contributed by atoms with Gasteiger partial charge in [-0.1, -0.05) is 0 Å². The zero-order valence-electron chi connectivity index (χ0n) is 10.00. The highest BCUT2D eigenvalue weighted by atomic mass is 19.4. The minimum atomic E-state index is -4.54. The van der Waals surface area contributed by atoms with Crippen LogP contribution in [0.25, 0.3) is 0 Å². The number of aromatic nitrogens is 1. The SMILES string of the molecule is COC(=O)C1CC(F)(c2cc(C(F)(F)F)ccn2)C1. The average Bonchev–Trinajstić information content (AvgIpc) is 2.33. The summed E-state index contributed by atoms with van der Waals surface area (Å²) in [6, 6.07) is 1.47. The Morgan fingerprint density at radius 1 is 1.47 bits per heavy atom. The van der Waals surface area contributed by atoms with Crippen LogP contribution >= 0.6 is 0 Å². The number of carbonyl (C=O) groups excluding carboxylic acids is 1. The number of methoxy groups -OCH3 is 1. The molecule has 1 fully saturated rings. The molecule has 1 aromatic heterocycles. The summed E-state index contributed by atoms with van der Waals surface area (Å²) in [6.45, 7) is 0. The largest absolute Gasteiger partial charge is 0.469 e. The van der Waals surface area contributed by atoms with E-state index in [4.69, 9.17) is 0 Å². The summed E-state index contributed by atoms with van der Waals surface area (Å²) in [5.74, 6) is -1.17. The van der Waals surface area contributed by atoms with Gasteiger partial charge in [-0.3, -0.25) is 9.78 Å². The number of nitrogens with zero attached hydrogens (tertiary/aromatic N) is 1. The fourth-order valence-corrected chi connectivity index (χ4v) is 2.12. The molecule has 0 bridgehead atoms. The summed E-state index contributed by atoms with van der Waals surface area (Å²) in [4.78, 5) is 14.8. The van der Waals surface area contributed by atoms with Crippen LogP contribution in [0.4, 0.5) is 17.6 Å². The maximum Gasteiger partial charge on any atom is 0.416 e. The summed E-state index contributed by atoms with van der Waals surface area (Å²) >= 11 is 0. The van der Waals surface area contributed by atoms with E-state index >= 15 is 0 Å². The van der Waals surface area contributed by atoms with Gasteiger partial charge in [-0.25, -0.2) is 4.39 Å². The number of alkyl halides is 4. The predicted molar refractivity (Wildman–Crippen MR) is 56.8 cm³/mol. The van der Waals surface area contributed by atoms with E-state index in [0.29, 0.717) is 6.07 Å². The van der Waals surface area contributed by atoms with Crippen LogP contribution in [0, 0.1) is 5.92 Å². The van der Waals surface area contributed by atoms with Gasteiger partial charge in [-0.05, 0) is 12.1 Å². The standard InChI is InChI=1S/C12H11F4NO2/c1-19-10(18)7-5-11(13,6-7)9-4-8(2-3-17-9)12(14,15)16/h2-4,7H,5-6H2,1H3. The first kappa shape index (κ1) is 13.8. The summed E-state index contributed by atoms with van der Waals surface area (Å²) < 4.78 is 56.3. The molecule has 0 radical (unpaired) electrons. The molecule has 0 unspecified atom stereocenters. The number of carbonyl (C=O) groups is 1. The van der Waals surface area contributed by atoms with Crippen LogP contribution in [0.3, 0.4) is 0 Å². The molecule has 3 nitrogen and oxygen atoms in total. The molecule has 0 spiro atoms. The van der Waals surface area contributed by atoms with Crippen molar-refractivity contribution in [2.24, 2.45) is 5.92 Å². The molecule has 1 aromatic rings. The topological polar surface area (TPSA) is 39.2 Å². The van der Waals surface area contributed by atoms with Crippen molar-refractivity contribution in [3.05, 3.63) is 29.6 Å². The van der Waals surface area contributed by atoms with Crippen LogP contribution in [0.2, 0.25) is 0 Å². The van der Waals surface area contributed by atoms with Crippen LogP contribution < -0.4 is 0 Å². The molecule has 19 heavy (non-hydrogen) atoms. The molecule has 1 heterocycles. The van der Waals surface area contributed by atoms with Crippen molar-refractivity contribution in [2.45, 2.75) is 24.7 Å². The minimum absolute atomic E-state index is 0.200. The molecule has 104 valence electrons. The van der Waals surface area contributed by atoms with Gasteiger partial charge in [-0.15, -0.1) is 0 Å². The summed E-state index contributed by atoms with van der Waals surface area (Å²) in [6.07, 6.45) is -4.02. The lowest BCUT2D eigenvalue weighted by Gasteiger charge is -2.39. The van der Waals surface area contributed by atoms with E-state index in [2.05, 4.69) is 9.72 Å². The number of halogens is 4. The molecule has 7 heteroatoms. The third-order valence-corrected chi connectivity index (χ3v) is 3.22. The highest BCUT2D eigenvalue weighted by molar-refractivity contribution is 5.74. The van der Waals surface area contributed by atoms with Gasteiger partial charge in [0.25, 0.3) is 0 Å². The van der Waals surface area contributed by atoms with Gasteiger partial charge in [-0.2, -0.15) is 13.2 Å².